The molecular formula is C30H23FN2O8. The molecule has 4 aromatic rings. The van der Waals surface area contributed by atoms with Crippen LogP contribution < -0.4 is 29.2 Å². The molecule has 1 aromatic heterocycles. The molecule has 10 nitrogen and oxygen atoms in total. The second-order valence-electron chi connectivity index (χ2n) is 9.26. The number of rotatable bonds is 9. The molecule has 0 atom stereocenters. The molecular weight excluding hydrogens is 535 g/mol. The first-order chi connectivity index (χ1) is 19.9. The largest absolute Gasteiger partial charge is 0.485 e. The van der Waals surface area contributed by atoms with E-state index in [1.807, 2.05) is 6.07 Å². The van der Waals surface area contributed by atoms with Crippen molar-refractivity contribution in [3.05, 3.63) is 101 Å². The number of hydrogen-bond donors (Lipinski definition) is 1. The number of fused-ring (bicyclic) bond motifs is 2. The van der Waals surface area contributed by atoms with Gasteiger partial charge in [-0.2, -0.15) is 0 Å². The number of halogens is 1. The smallest absolute Gasteiger partial charge is 0.287 e. The highest BCUT2D eigenvalue weighted by atomic mass is 19.1. The van der Waals surface area contributed by atoms with E-state index >= 15 is 0 Å². The maximum Gasteiger partial charge on any atom is 0.287 e. The Morgan fingerprint density at radius 1 is 0.927 bits per heavy atom. The van der Waals surface area contributed by atoms with Gasteiger partial charge in [0.05, 0.1) is 12.2 Å². The van der Waals surface area contributed by atoms with Crippen molar-refractivity contribution in [1.82, 2.24) is 5.32 Å². The van der Waals surface area contributed by atoms with Crippen LogP contribution in [0.4, 0.5) is 10.1 Å². The summed E-state index contributed by atoms with van der Waals surface area (Å²) < 4.78 is 40.8. The minimum absolute atomic E-state index is 0.0159. The summed E-state index contributed by atoms with van der Waals surface area (Å²) in [6.45, 7) is -0.0752. The average molecular weight is 559 g/mol. The number of nitrogens with zero attached hydrogens (tertiary/aromatic N) is 1. The Hall–Kier alpha value is -5.32. The van der Waals surface area contributed by atoms with E-state index in [1.165, 1.54) is 35.2 Å². The van der Waals surface area contributed by atoms with Gasteiger partial charge in [-0.25, -0.2) is 4.39 Å². The van der Waals surface area contributed by atoms with Gasteiger partial charge in [-0.1, -0.05) is 12.1 Å². The molecule has 0 spiro atoms. The van der Waals surface area contributed by atoms with Gasteiger partial charge >= 0.3 is 0 Å². The minimum atomic E-state index is -0.474. The summed E-state index contributed by atoms with van der Waals surface area (Å²) in [6, 6.07) is 18.7. The molecule has 41 heavy (non-hydrogen) atoms. The molecule has 0 saturated carbocycles. The van der Waals surface area contributed by atoms with Crippen LogP contribution in [0.1, 0.15) is 32.2 Å². The van der Waals surface area contributed by atoms with Gasteiger partial charge in [0.25, 0.3) is 11.8 Å². The Morgan fingerprint density at radius 2 is 1.78 bits per heavy atom. The van der Waals surface area contributed by atoms with E-state index in [2.05, 4.69) is 5.32 Å². The molecule has 3 aromatic carbocycles. The van der Waals surface area contributed by atoms with E-state index in [4.69, 9.17) is 23.4 Å². The number of Topliss-reactive ketones (excluding diaryl/α,β-unsaturated/α-hetero) is 1. The number of amides is 2. The number of carbonyl (C=O) groups is 3. The first-order valence-corrected chi connectivity index (χ1v) is 12.7. The third-order valence-corrected chi connectivity index (χ3v) is 6.48. The molecule has 0 radical (unpaired) electrons. The number of nitrogens with one attached hydrogen (secondary N) is 1. The average Bonchev–Trinajstić information content (AvgIpc) is 3.65. The fraction of sp³-hybridized carbons (Fsp3) is 0.167. The quantitative estimate of drug-likeness (QED) is 0.303. The fourth-order valence-electron chi connectivity index (χ4n) is 4.40. The predicted octanol–water partition coefficient (Wildman–Crippen LogP) is 4.26. The standard InChI is InChI=1S/C30H23FN2O8/c31-20-2-1-3-21(12-20)37-15-24(34)19-5-8-25-23(11-19)33(29(35)16-38-25)14-22-6-9-27(41-22)30(36)32-13-18-4-7-26-28(10-18)40-17-39-26/h1-12H,13-17H2,(H,32,36). The van der Waals surface area contributed by atoms with E-state index in [9.17, 15) is 18.8 Å². The lowest BCUT2D eigenvalue weighted by molar-refractivity contribution is -0.121. The second kappa shape index (κ2) is 11.0. The molecule has 0 fully saturated rings. The molecule has 6 rings (SSSR count). The van der Waals surface area contributed by atoms with Crippen molar-refractivity contribution in [1.29, 1.82) is 0 Å². The van der Waals surface area contributed by atoms with Crippen molar-refractivity contribution < 1.29 is 42.1 Å². The summed E-state index contributed by atoms with van der Waals surface area (Å²) >= 11 is 0. The van der Waals surface area contributed by atoms with Gasteiger partial charge in [-0.05, 0) is 60.2 Å². The number of ketones is 1. The molecule has 0 bridgehead atoms. The van der Waals surface area contributed by atoms with Crippen molar-refractivity contribution in [2.45, 2.75) is 13.1 Å². The van der Waals surface area contributed by atoms with Crippen molar-refractivity contribution in [2.24, 2.45) is 0 Å². The summed E-state index contributed by atoms with van der Waals surface area (Å²) in [5.41, 5.74) is 1.49. The maximum absolute atomic E-state index is 13.4. The molecule has 3 heterocycles. The van der Waals surface area contributed by atoms with Crippen LogP contribution >= 0.6 is 0 Å². The van der Waals surface area contributed by atoms with Gasteiger partial charge < -0.3 is 28.7 Å². The van der Waals surface area contributed by atoms with Crippen LogP contribution in [0.25, 0.3) is 0 Å². The van der Waals surface area contributed by atoms with E-state index in [0.29, 0.717) is 28.7 Å². The Labute approximate surface area is 233 Å². The highest BCUT2D eigenvalue weighted by molar-refractivity contribution is 6.02. The number of benzene rings is 3. The minimum Gasteiger partial charge on any atom is -0.485 e. The molecule has 0 saturated heterocycles. The fourth-order valence-corrected chi connectivity index (χ4v) is 4.40. The summed E-state index contributed by atoms with van der Waals surface area (Å²) in [5.74, 6) is 0.765. The van der Waals surface area contributed by atoms with E-state index in [0.717, 1.165) is 5.56 Å². The SMILES string of the molecule is O=C(COc1cccc(F)c1)c1ccc2c(c1)N(Cc1ccc(C(=O)NCc3ccc4c(c3)OCO4)o1)C(=O)CO2. The Balaban J connectivity index is 1.11. The van der Waals surface area contributed by atoms with Crippen LogP contribution in [0.3, 0.4) is 0 Å². The van der Waals surface area contributed by atoms with E-state index in [1.54, 1.807) is 36.4 Å². The Kier molecular flexibility index (Phi) is 6.99. The lowest BCUT2D eigenvalue weighted by atomic mass is 10.1. The van der Waals surface area contributed by atoms with Crippen LogP contribution in [-0.2, 0) is 17.9 Å². The summed E-state index contributed by atoms with van der Waals surface area (Å²) in [6.07, 6.45) is 0. The van der Waals surface area contributed by atoms with Crippen molar-refractivity contribution in [3.8, 4) is 23.0 Å². The van der Waals surface area contributed by atoms with Gasteiger partial charge in [0.2, 0.25) is 6.79 Å². The number of carbonyl (C=O) groups excluding carboxylic acids is 3. The third kappa shape index (κ3) is 5.69. The maximum atomic E-state index is 13.4. The monoisotopic (exact) mass is 558 g/mol. The van der Waals surface area contributed by atoms with Gasteiger partial charge in [-0.3, -0.25) is 19.3 Å². The zero-order chi connectivity index (χ0) is 28.3. The van der Waals surface area contributed by atoms with Crippen molar-refractivity contribution in [3.63, 3.8) is 0 Å². The van der Waals surface area contributed by atoms with Crippen molar-refractivity contribution in [2.75, 3.05) is 24.9 Å². The first-order valence-electron chi connectivity index (χ1n) is 12.7. The number of ether oxygens (including phenoxy) is 4. The number of anilines is 1. The Bertz CT molecular complexity index is 1650. The third-order valence-electron chi connectivity index (χ3n) is 6.48. The number of furan rings is 1. The predicted molar refractivity (Wildman–Crippen MR) is 142 cm³/mol. The normalized spacial score (nSPS) is 13.4. The lowest BCUT2D eigenvalue weighted by Gasteiger charge is -2.29. The molecule has 208 valence electrons. The zero-order valence-corrected chi connectivity index (χ0v) is 21.6. The molecule has 2 aliphatic heterocycles. The van der Waals surface area contributed by atoms with Gasteiger partial charge in [0, 0.05) is 18.2 Å². The highest BCUT2D eigenvalue weighted by Gasteiger charge is 2.28. The summed E-state index contributed by atoms with van der Waals surface area (Å²) in [5, 5.41) is 2.79. The first kappa shape index (κ1) is 25.9. The van der Waals surface area contributed by atoms with Crippen molar-refractivity contribution >= 4 is 23.3 Å². The van der Waals surface area contributed by atoms with Gasteiger partial charge in [0.15, 0.2) is 36.3 Å². The molecule has 2 amide bonds. The van der Waals surface area contributed by atoms with Crippen LogP contribution in [0.2, 0.25) is 0 Å². The van der Waals surface area contributed by atoms with Gasteiger partial charge in [-0.15, -0.1) is 0 Å². The summed E-state index contributed by atoms with van der Waals surface area (Å²) in [4.78, 5) is 39.7. The Morgan fingerprint density at radius 3 is 2.66 bits per heavy atom. The number of hydrogen-bond acceptors (Lipinski definition) is 8. The topological polar surface area (TPSA) is 117 Å². The molecule has 1 N–H and O–H groups in total. The van der Waals surface area contributed by atoms with E-state index in [-0.39, 0.29) is 61.9 Å². The molecule has 0 aliphatic carbocycles. The molecule has 0 unspecified atom stereocenters. The molecule has 11 heteroatoms. The highest BCUT2D eigenvalue weighted by Crippen LogP contribution is 2.35. The molecule has 2 aliphatic rings. The lowest BCUT2D eigenvalue weighted by Crippen LogP contribution is -2.38. The summed E-state index contributed by atoms with van der Waals surface area (Å²) in [7, 11) is 0. The zero-order valence-electron chi connectivity index (χ0n) is 21.6. The van der Waals surface area contributed by atoms with Crippen LogP contribution in [-0.4, -0.2) is 37.6 Å². The van der Waals surface area contributed by atoms with Crippen LogP contribution in [0.5, 0.6) is 23.0 Å². The van der Waals surface area contributed by atoms with Gasteiger partial charge in [0.1, 0.15) is 23.1 Å². The van der Waals surface area contributed by atoms with E-state index < -0.39 is 11.7 Å². The van der Waals surface area contributed by atoms with Crippen LogP contribution in [0, 0.1) is 5.82 Å². The second-order valence-corrected chi connectivity index (χ2v) is 9.26. The van der Waals surface area contributed by atoms with Crippen LogP contribution in [0.15, 0.2) is 77.2 Å².